The van der Waals surface area contributed by atoms with Crippen LogP contribution in [0.4, 0.5) is 0 Å². The summed E-state index contributed by atoms with van der Waals surface area (Å²) in [6.07, 6.45) is 7.92. The fraction of sp³-hybridized carbons (Fsp3) is 0.875. The topological polar surface area (TPSA) is 12.0 Å². The minimum atomic E-state index is 0.885. The number of nitrogens with one attached hydrogen (secondary N) is 1. The van der Waals surface area contributed by atoms with Crippen molar-refractivity contribution in [1.82, 2.24) is 5.32 Å². The van der Waals surface area contributed by atoms with Gasteiger partial charge in [-0.25, -0.2) is 0 Å². The van der Waals surface area contributed by atoms with Gasteiger partial charge in [-0.2, -0.15) is 0 Å². The standard InChI is InChI=1S/C16H31N/c1-5-9-17-12-15-8-7-14(4)11-16(15)10-13(3)6-2/h14-17H,3,5-12H2,1-2,4H3. The maximum Gasteiger partial charge on any atom is -0.00178 e. The molecule has 17 heavy (non-hydrogen) atoms. The lowest BCUT2D eigenvalue weighted by Gasteiger charge is -2.35. The third kappa shape index (κ3) is 5.25. The van der Waals surface area contributed by atoms with E-state index in [2.05, 4.69) is 32.7 Å². The fourth-order valence-corrected chi connectivity index (χ4v) is 3.06. The van der Waals surface area contributed by atoms with Crippen molar-refractivity contribution >= 4 is 0 Å². The minimum Gasteiger partial charge on any atom is -0.316 e. The van der Waals surface area contributed by atoms with Crippen LogP contribution in [-0.4, -0.2) is 13.1 Å². The van der Waals surface area contributed by atoms with Crippen LogP contribution >= 0.6 is 0 Å². The second-order valence-electron chi connectivity index (χ2n) is 5.95. The maximum atomic E-state index is 4.20. The van der Waals surface area contributed by atoms with E-state index in [0.717, 1.165) is 24.2 Å². The van der Waals surface area contributed by atoms with E-state index in [1.807, 2.05) is 0 Å². The zero-order chi connectivity index (χ0) is 12.7. The second-order valence-corrected chi connectivity index (χ2v) is 5.95. The first-order valence-corrected chi connectivity index (χ1v) is 7.54. The van der Waals surface area contributed by atoms with E-state index in [4.69, 9.17) is 0 Å². The lowest BCUT2D eigenvalue weighted by molar-refractivity contribution is 0.183. The molecule has 1 aliphatic rings. The molecule has 1 fully saturated rings. The van der Waals surface area contributed by atoms with Gasteiger partial charge < -0.3 is 5.32 Å². The van der Waals surface area contributed by atoms with Crippen LogP contribution < -0.4 is 5.32 Å². The molecule has 1 heteroatoms. The van der Waals surface area contributed by atoms with Gasteiger partial charge in [-0.15, -0.1) is 0 Å². The van der Waals surface area contributed by atoms with Crippen LogP contribution in [0.5, 0.6) is 0 Å². The summed E-state index contributed by atoms with van der Waals surface area (Å²) in [5.74, 6) is 2.70. The lowest BCUT2D eigenvalue weighted by Crippen LogP contribution is -2.33. The molecular weight excluding hydrogens is 206 g/mol. The highest BCUT2D eigenvalue weighted by molar-refractivity contribution is 4.97. The van der Waals surface area contributed by atoms with E-state index >= 15 is 0 Å². The van der Waals surface area contributed by atoms with E-state index in [1.165, 1.54) is 50.8 Å². The van der Waals surface area contributed by atoms with Crippen LogP contribution in [0.25, 0.3) is 0 Å². The van der Waals surface area contributed by atoms with Gasteiger partial charge in [0, 0.05) is 0 Å². The van der Waals surface area contributed by atoms with E-state index in [1.54, 1.807) is 0 Å². The van der Waals surface area contributed by atoms with Crippen LogP contribution in [0.1, 0.15) is 59.3 Å². The predicted octanol–water partition coefficient (Wildman–Crippen LogP) is 4.39. The van der Waals surface area contributed by atoms with E-state index < -0.39 is 0 Å². The highest BCUT2D eigenvalue weighted by atomic mass is 14.9. The lowest BCUT2D eigenvalue weighted by atomic mass is 9.72. The summed E-state index contributed by atoms with van der Waals surface area (Å²) in [7, 11) is 0. The normalized spacial score (nSPS) is 29.2. The molecule has 100 valence electrons. The van der Waals surface area contributed by atoms with Crippen LogP contribution in [0, 0.1) is 17.8 Å². The molecular formula is C16H31N. The average Bonchev–Trinajstić information content (AvgIpc) is 2.32. The van der Waals surface area contributed by atoms with Gasteiger partial charge >= 0.3 is 0 Å². The Labute approximate surface area is 108 Å². The first-order valence-electron chi connectivity index (χ1n) is 7.54. The SMILES string of the molecule is C=C(CC)CC1CC(C)CCC1CNCCC. The predicted molar refractivity (Wildman–Crippen MR) is 77.2 cm³/mol. The minimum absolute atomic E-state index is 0.885. The Morgan fingerprint density at radius 3 is 2.65 bits per heavy atom. The molecule has 0 aromatic rings. The van der Waals surface area contributed by atoms with E-state index in [-0.39, 0.29) is 0 Å². The quantitative estimate of drug-likeness (QED) is 0.511. The van der Waals surface area contributed by atoms with E-state index in [0.29, 0.717) is 0 Å². The molecule has 0 radical (unpaired) electrons. The molecule has 3 atom stereocenters. The summed E-state index contributed by atoms with van der Waals surface area (Å²) < 4.78 is 0. The largest absolute Gasteiger partial charge is 0.316 e. The average molecular weight is 237 g/mol. The summed E-state index contributed by atoms with van der Waals surface area (Å²) >= 11 is 0. The first-order chi connectivity index (χ1) is 8.17. The third-order valence-corrected chi connectivity index (χ3v) is 4.29. The molecule has 0 bridgehead atoms. The molecule has 1 aliphatic carbocycles. The Morgan fingerprint density at radius 1 is 1.24 bits per heavy atom. The molecule has 0 aromatic heterocycles. The zero-order valence-corrected chi connectivity index (χ0v) is 12.1. The maximum absolute atomic E-state index is 4.20. The Morgan fingerprint density at radius 2 is 2.00 bits per heavy atom. The van der Waals surface area contributed by atoms with Gasteiger partial charge in [0.25, 0.3) is 0 Å². The van der Waals surface area contributed by atoms with Crippen molar-refractivity contribution in [3.05, 3.63) is 12.2 Å². The summed E-state index contributed by atoms with van der Waals surface area (Å²) in [6.45, 7) is 13.5. The summed E-state index contributed by atoms with van der Waals surface area (Å²) in [5, 5.41) is 3.61. The zero-order valence-electron chi connectivity index (χ0n) is 12.1. The van der Waals surface area contributed by atoms with Crippen molar-refractivity contribution in [1.29, 1.82) is 0 Å². The highest BCUT2D eigenvalue weighted by Gasteiger charge is 2.28. The number of hydrogen-bond acceptors (Lipinski definition) is 1. The van der Waals surface area contributed by atoms with Gasteiger partial charge in [-0.1, -0.05) is 39.3 Å². The first kappa shape index (κ1) is 14.8. The van der Waals surface area contributed by atoms with Crippen molar-refractivity contribution in [3.8, 4) is 0 Å². The smallest absolute Gasteiger partial charge is 0.00178 e. The number of rotatable bonds is 7. The summed E-state index contributed by atoms with van der Waals surface area (Å²) in [5.41, 5.74) is 1.45. The molecule has 1 nitrogen and oxygen atoms in total. The summed E-state index contributed by atoms with van der Waals surface area (Å²) in [4.78, 5) is 0. The molecule has 0 aromatic carbocycles. The third-order valence-electron chi connectivity index (χ3n) is 4.29. The Kier molecular flexibility index (Phi) is 6.87. The fourth-order valence-electron chi connectivity index (χ4n) is 3.06. The molecule has 0 amide bonds. The summed E-state index contributed by atoms with van der Waals surface area (Å²) in [6, 6.07) is 0. The number of allylic oxidation sites excluding steroid dienone is 1. The van der Waals surface area contributed by atoms with Crippen molar-refractivity contribution in [2.45, 2.75) is 59.3 Å². The van der Waals surface area contributed by atoms with Crippen molar-refractivity contribution in [3.63, 3.8) is 0 Å². The highest BCUT2D eigenvalue weighted by Crippen LogP contribution is 2.37. The van der Waals surface area contributed by atoms with Gasteiger partial charge in [0.2, 0.25) is 0 Å². The molecule has 1 N–H and O–H groups in total. The van der Waals surface area contributed by atoms with Gasteiger partial charge in [0.1, 0.15) is 0 Å². The van der Waals surface area contributed by atoms with Crippen LogP contribution in [0.15, 0.2) is 12.2 Å². The van der Waals surface area contributed by atoms with Crippen LogP contribution in [-0.2, 0) is 0 Å². The Bertz CT molecular complexity index is 222. The second kappa shape index (κ2) is 7.92. The van der Waals surface area contributed by atoms with Crippen molar-refractivity contribution in [2.75, 3.05) is 13.1 Å². The Balaban J connectivity index is 2.43. The van der Waals surface area contributed by atoms with Gasteiger partial charge in [0.15, 0.2) is 0 Å². The van der Waals surface area contributed by atoms with Crippen molar-refractivity contribution in [2.24, 2.45) is 17.8 Å². The van der Waals surface area contributed by atoms with Crippen LogP contribution in [0.3, 0.4) is 0 Å². The van der Waals surface area contributed by atoms with Crippen molar-refractivity contribution < 1.29 is 0 Å². The van der Waals surface area contributed by atoms with E-state index in [9.17, 15) is 0 Å². The molecule has 1 rings (SSSR count). The van der Waals surface area contributed by atoms with Gasteiger partial charge in [-0.05, 0) is 62.9 Å². The molecule has 3 unspecified atom stereocenters. The van der Waals surface area contributed by atoms with Gasteiger partial charge in [-0.3, -0.25) is 0 Å². The molecule has 0 saturated heterocycles. The number of hydrogen-bond donors (Lipinski definition) is 1. The molecule has 0 spiro atoms. The molecule has 0 aliphatic heterocycles. The van der Waals surface area contributed by atoms with Crippen LogP contribution in [0.2, 0.25) is 0 Å². The van der Waals surface area contributed by atoms with Gasteiger partial charge in [0.05, 0.1) is 0 Å². The molecule has 1 saturated carbocycles. The monoisotopic (exact) mass is 237 g/mol. The Hall–Kier alpha value is -0.300. The molecule has 0 heterocycles.